The van der Waals surface area contributed by atoms with Crippen molar-refractivity contribution in [1.82, 2.24) is 0 Å². The van der Waals surface area contributed by atoms with E-state index in [0.29, 0.717) is 0 Å². The molecule has 0 spiro atoms. The van der Waals surface area contributed by atoms with Crippen molar-refractivity contribution in [3.63, 3.8) is 0 Å². The third-order valence-corrected chi connectivity index (χ3v) is 4.53. The third kappa shape index (κ3) is 19.8. The number of rotatable bonds is 5. The zero-order valence-electron chi connectivity index (χ0n) is 20.1. The van der Waals surface area contributed by atoms with E-state index in [0.717, 1.165) is 13.1 Å². The number of benzene rings is 2. The summed E-state index contributed by atoms with van der Waals surface area (Å²) in [6.07, 6.45) is 8.49. The summed E-state index contributed by atoms with van der Waals surface area (Å²) in [5.74, 6) is 0. The Balaban J connectivity index is 0.000000333. The van der Waals surface area contributed by atoms with E-state index in [2.05, 4.69) is 113 Å². The van der Waals surface area contributed by atoms with Crippen molar-refractivity contribution in [3.8, 4) is 11.1 Å². The summed E-state index contributed by atoms with van der Waals surface area (Å²) in [5.41, 5.74) is 5.11. The molecule has 2 aromatic carbocycles. The Kier molecular flexibility index (Phi) is 8.49. The van der Waals surface area contributed by atoms with Crippen molar-refractivity contribution in [2.45, 2.75) is 13.1 Å². The van der Waals surface area contributed by atoms with Crippen LogP contribution < -0.4 is 9.13 Å². The Hall–Kier alpha value is -3.24. The molecule has 0 saturated carbocycles. The maximum Gasteiger partial charge on any atom is 0.173 e. The molecule has 0 N–H and O–H groups in total. The third-order valence-electron chi connectivity index (χ3n) is 4.53. The second-order valence-corrected chi connectivity index (χ2v) is 12.2. The minimum absolute atomic E-state index is 0.896. The fourth-order valence-corrected chi connectivity index (χ4v) is 3.10. The largest absolute Gasteiger partial charge is 0.201 e. The summed E-state index contributed by atoms with van der Waals surface area (Å²) in [7, 11) is -21.3. The molecule has 4 rings (SSSR count). The molecule has 0 bridgehead atoms. The van der Waals surface area contributed by atoms with Gasteiger partial charge in [-0.1, -0.05) is 60.7 Å². The van der Waals surface area contributed by atoms with Crippen LogP contribution in [0.5, 0.6) is 0 Å². The molecule has 0 aliphatic carbocycles. The van der Waals surface area contributed by atoms with Crippen molar-refractivity contribution in [2.75, 3.05) is 0 Å². The first-order valence-corrected chi connectivity index (χ1v) is 15.0. The molecule has 0 aliphatic rings. The Labute approximate surface area is 220 Å². The van der Waals surface area contributed by atoms with Crippen LogP contribution in [0.3, 0.4) is 0 Å². The van der Waals surface area contributed by atoms with Gasteiger partial charge in [0, 0.05) is 35.4 Å². The van der Waals surface area contributed by atoms with E-state index in [1.807, 2.05) is 6.07 Å². The molecule has 0 atom stereocenters. The van der Waals surface area contributed by atoms with Crippen LogP contribution in [0.2, 0.25) is 0 Å². The molecule has 0 saturated heterocycles. The van der Waals surface area contributed by atoms with Crippen LogP contribution in [-0.2, 0) is 13.1 Å². The molecule has 0 fully saturated rings. The molecule has 2 nitrogen and oxygen atoms in total. The van der Waals surface area contributed by atoms with Crippen molar-refractivity contribution in [2.24, 2.45) is 0 Å². The standard InChI is InChI=1S/C24H22N2.2F6P/c1-3-7-21(8-4-1)19-26-17-13-24(14-18-26)23-11-9-22(10-12-23)20-25-15-5-2-6-16-25;2*1-7(2,3,4,5)6/h1-18H,19-20H2;;/q+2;2*-1. The Bertz CT molecular complexity index is 1240. The van der Waals surface area contributed by atoms with Crippen LogP contribution in [-0.4, -0.2) is 0 Å². The molecule has 2 heterocycles. The molecule has 40 heavy (non-hydrogen) atoms. The molecule has 222 valence electrons. The van der Waals surface area contributed by atoms with Crippen LogP contribution in [0.25, 0.3) is 11.1 Å². The zero-order chi connectivity index (χ0) is 30.4. The quantitative estimate of drug-likeness (QED) is 0.118. The van der Waals surface area contributed by atoms with Gasteiger partial charge < -0.3 is 0 Å². The zero-order valence-corrected chi connectivity index (χ0v) is 21.9. The van der Waals surface area contributed by atoms with E-state index in [9.17, 15) is 50.4 Å². The first-order valence-electron chi connectivity index (χ1n) is 11.0. The molecule has 0 unspecified atom stereocenters. The molecule has 0 aliphatic heterocycles. The van der Waals surface area contributed by atoms with Gasteiger partial charge in [0.2, 0.25) is 0 Å². The monoisotopic (exact) mass is 628 g/mol. The number of halogens is 12. The summed E-state index contributed by atoms with van der Waals surface area (Å²) in [5, 5.41) is 0. The van der Waals surface area contributed by atoms with E-state index in [1.165, 1.54) is 22.3 Å². The van der Waals surface area contributed by atoms with Gasteiger partial charge in [-0.05, 0) is 11.1 Å². The van der Waals surface area contributed by atoms with Crippen molar-refractivity contribution in [3.05, 3.63) is 121 Å². The van der Waals surface area contributed by atoms with E-state index >= 15 is 0 Å². The molecule has 4 aromatic rings. The van der Waals surface area contributed by atoms with Gasteiger partial charge in [0.25, 0.3) is 0 Å². The molecule has 16 heteroatoms. The van der Waals surface area contributed by atoms with Gasteiger partial charge in [0.15, 0.2) is 37.9 Å². The van der Waals surface area contributed by atoms with E-state index in [-0.39, 0.29) is 0 Å². The van der Waals surface area contributed by atoms with Crippen molar-refractivity contribution >= 4 is 15.6 Å². The van der Waals surface area contributed by atoms with Gasteiger partial charge in [-0.2, -0.15) is 0 Å². The molecular weight excluding hydrogens is 606 g/mol. The second kappa shape index (κ2) is 10.3. The normalized spacial score (nSPS) is 15.0. The predicted octanol–water partition coefficient (Wildman–Crippen LogP) is 10.8. The Morgan fingerprint density at radius 2 is 0.700 bits per heavy atom. The number of hydrogen-bond donors (Lipinski definition) is 0. The van der Waals surface area contributed by atoms with E-state index in [4.69, 9.17) is 0 Å². The van der Waals surface area contributed by atoms with Gasteiger partial charge >= 0.3 is 66.0 Å². The second-order valence-electron chi connectivity index (χ2n) is 8.41. The van der Waals surface area contributed by atoms with Gasteiger partial charge in [-0.3, -0.25) is 0 Å². The van der Waals surface area contributed by atoms with Crippen LogP contribution in [0.1, 0.15) is 11.1 Å². The van der Waals surface area contributed by atoms with E-state index in [1.54, 1.807) is 0 Å². The van der Waals surface area contributed by atoms with Gasteiger partial charge in [-0.25, -0.2) is 9.13 Å². The SMILES string of the molecule is F[P-](F)(F)(F)(F)F.F[P-](F)(F)(F)(F)F.c1ccc(C[n+]2ccc(-c3ccc(C[n+]4ccccc4)cc3)cc2)cc1. The predicted molar refractivity (Wildman–Crippen MR) is 130 cm³/mol. The fourth-order valence-electron chi connectivity index (χ4n) is 3.10. The van der Waals surface area contributed by atoms with Crippen LogP contribution in [0.4, 0.5) is 50.4 Å². The fraction of sp³-hybridized carbons (Fsp3) is 0.0833. The summed E-state index contributed by atoms with van der Waals surface area (Å²) in [4.78, 5) is 0. The molecule has 0 radical (unpaired) electrons. The minimum atomic E-state index is -10.7. The van der Waals surface area contributed by atoms with Crippen LogP contribution in [0.15, 0.2) is 110 Å². The summed E-state index contributed by atoms with van der Waals surface area (Å²) in [6.45, 7) is 1.79. The van der Waals surface area contributed by atoms with Crippen LogP contribution in [0, 0.1) is 0 Å². The van der Waals surface area contributed by atoms with Crippen molar-refractivity contribution < 1.29 is 59.5 Å². The Morgan fingerprint density at radius 3 is 1.12 bits per heavy atom. The summed E-state index contributed by atoms with van der Waals surface area (Å²) >= 11 is 0. The summed E-state index contributed by atoms with van der Waals surface area (Å²) < 4.78 is 123. The molecular formula is C24H22F12N2P2. The molecule has 2 aromatic heterocycles. The number of nitrogens with zero attached hydrogens (tertiary/aromatic N) is 2. The summed E-state index contributed by atoms with van der Waals surface area (Å²) in [6, 6.07) is 29.9. The first kappa shape index (κ1) is 33.0. The average Bonchev–Trinajstić information content (AvgIpc) is 2.78. The van der Waals surface area contributed by atoms with Gasteiger partial charge in [-0.15, -0.1) is 0 Å². The first-order chi connectivity index (χ1) is 17.8. The maximum absolute atomic E-state index is 10.7. The topological polar surface area (TPSA) is 7.76 Å². The number of hydrogen-bond acceptors (Lipinski definition) is 0. The smallest absolute Gasteiger partial charge is 0.173 e. The van der Waals surface area contributed by atoms with Crippen LogP contribution >= 0.6 is 15.6 Å². The average molecular weight is 628 g/mol. The van der Waals surface area contributed by atoms with Crippen molar-refractivity contribution in [1.29, 1.82) is 0 Å². The van der Waals surface area contributed by atoms with Gasteiger partial charge in [0.05, 0.1) is 0 Å². The minimum Gasteiger partial charge on any atom is -0.201 e. The maximum atomic E-state index is 9.87. The number of pyridine rings is 2. The Morgan fingerprint density at radius 1 is 0.375 bits per heavy atom. The molecule has 0 amide bonds. The van der Waals surface area contributed by atoms with Gasteiger partial charge in [0.1, 0.15) is 0 Å². The van der Waals surface area contributed by atoms with E-state index < -0.39 is 15.6 Å². The number of aromatic nitrogens is 2.